The summed E-state index contributed by atoms with van der Waals surface area (Å²) in [5, 5.41) is 15.0. The number of phenols is 1. The second kappa shape index (κ2) is 14.5. The standard InChI is InChI=1S/C46H40N5OS.Pt/c1-45(2,3)32-25-34(43(52)36(26-32)46(4,5)6)31-23-35(42-39(24-31)53-44(50-42)30-16-8-7-9-17-30)37-27-47-28-41(49-37)51(40-21-12-13-22-48-40)38-20-14-18-29-15-10-11-19-33(29)38;/h7-22,24-28,52H,1-6H3;/q-1;. The molecule has 6 nitrogen and oxygen atoms in total. The normalized spacial score (nSPS) is 11.8. The van der Waals surface area contributed by atoms with Crippen LogP contribution in [-0.4, -0.2) is 25.0 Å². The maximum absolute atomic E-state index is 12.0. The minimum atomic E-state index is -0.283. The molecule has 8 rings (SSSR count). The summed E-state index contributed by atoms with van der Waals surface area (Å²) in [5.41, 5.74) is 7.19. The Labute approximate surface area is 334 Å². The van der Waals surface area contributed by atoms with Crippen molar-refractivity contribution in [3.8, 4) is 38.7 Å². The SMILES string of the molecule is CC(C)(C)c1cc(-c2[c-]c(-c3cncc(N(c4ccccn4)c4cccc5ccccc45)n3)c3nc(-c4ccccc4)sc3c2)c(O)c(C(C)(C)C)c1.[Pt]. The Bertz CT molecular complexity index is 2600. The van der Waals surface area contributed by atoms with Crippen molar-refractivity contribution in [3.05, 3.63) is 145 Å². The molecule has 8 aromatic rings. The minimum absolute atomic E-state index is 0. The van der Waals surface area contributed by atoms with Crippen molar-refractivity contribution in [1.82, 2.24) is 19.9 Å². The van der Waals surface area contributed by atoms with E-state index in [1.807, 2.05) is 53.4 Å². The first-order chi connectivity index (χ1) is 25.5. The number of nitrogens with zero attached hydrogens (tertiary/aromatic N) is 5. The Morgan fingerprint density at radius 3 is 2.20 bits per heavy atom. The fourth-order valence-corrected chi connectivity index (χ4v) is 7.71. The smallest absolute Gasteiger partial charge is 0.150 e. The molecule has 5 aromatic carbocycles. The number of hydrogen-bond acceptors (Lipinski definition) is 7. The van der Waals surface area contributed by atoms with E-state index in [0.717, 1.165) is 65.3 Å². The van der Waals surface area contributed by atoms with Crippen LogP contribution in [0.2, 0.25) is 0 Å². The van der Waals surface area contributed by atoms with Gasteiger partial charge in [-0.1, -0.05) is 132 Å². The van der Waals surface area contributed by atoms with E-state index in [0.29, 0.717) is 17.1 Å². The van der Waals surface area contributed by atoms with Gasteiger partial charge in [0.05, 0.1) is 17.6 Å². The van der Waals surface area contributed by atoms with Crippen molar-refractivity contribution in [2.75, 3.05) is 4.90 Å². The van der Waals surface area contributed by atoms with Crippen molar-refractivity contribution >= 4 is 49.6 Å². The number of benzene rings is 5. The maximum atomic E-state index is 12.0. The maximum Gasteiger partial charge on any atom is 0.150 e. The molecule has 0 unspecified atom stereocenters. The first-order valence-corrected chi connectivity index (χ1v) is 18.6. The summed E-state index contributed by atoms with van der Waals surface area (Å²) in [6, 6.07) is 40.7. The molecular weight excluding hydrogens is 866 g/mol. The number of anilines is 3. The molecule has 8 heteroatoms. The summed E-state index contributed by atoms with van der Waals surface area (Å²) in [4.78, 5) is 22.1. The third-order valence-corrected chi connectivity index (χ3v) is 10.6. The number of hydrogen-bond donors (Lipinski definition) is 1. The van der Waals surface area contributed by atoms with E-state index in [2.05, 4.69) is 108 Å². The molecule has 0 atom stereocenters. The van der Waals surface area contributed by atoms with Gasteiger partial charge in [-0.15, -0.1) is 29.0 Å². The van der Waals surface area contributed by atoms with E-state index in [4.69, 9.17) is 19.9 Å². The van der Waals surface area contributed by atoms with Crippen LogP contribution in [-0.2, 0) is 31.9 Å². The number of rotatable bonds is 6. The molecule has 0 radical (unpaired) electrons. The quantitative estimate of drug-likeness (QED) is 0.168. The van der Waals surface area contributed by atoms with Crippen LogP contribution in [0.5, 0.6) is 5.75 Å². The molecule has 0 aliphatic carbocycles. The van der Waals surface area contributed by atoms with Crippen LogP contribution in [0.25, 0.3) is 53.9 Å². The van der Waals surface area contributed by atoms with E-state index in [-0.39, 0.29) is 37.6 Å². The van der Waals surface area contributed by atoms with E-state index >= 15 is 0 Å². The molecule has 272 valence electrons. The predicted octanol–water partition coefficient (Wildman–Crippen LogP) is 12.2. The van der Waals surface area contributed by atoms with Gasteiger partial charge in [0, 0.05) is 55.6 Å². The van der Waals surface area contributed by atoms with Gasteiger partial charge in [0.25, 0.3) is 0 Å². The van der Waals surface area contributed by atoms with Crippen LogP contribution in [0.3, 0.4) is 0 Å². The van der Waals surface area contributed by atoms with Crippen LogP contribution >= 0.6 is 11.3 Å². The monoisotopic (exact) mass is 905 g/mol. The van der Waals surface area contributed by atoms with E-state index in [1.54, 1.807) is 29.9 Å². The second-order valence-corrected chi connectivity index (χ2v) is 16.4. The van der Waals surface area contributed by atoms with Crippen LogP contribution in [0.15, 0.2) is 128 Å². The molecule has 0 aliphatic rings. The second-order valence-electron chi connectivity index (χ2n) is 15.4. The van der Waals surface area contributed by atoms with Gasteiger partial charge in [0.2, 0.25) is 0 Å². The largest absolute Gasteiger partial charge is 0.515 e. The Morgan fingerprint density at radius 1 is 0.722 bits per heavy atom. The minimum Gasteiger partial charge on any atom is -0.515 e. The zero-order valence-corrected chi connectivity index (χ0v) is 34.1. The zero-order valence-electron chi connectivity index (χ0n) is 31.0. The first kappa shape index (κ1) is 37.1. The molecule has 0 saturated carbocycles. The Kier molecular flexibility index (Phi) is 9.99. The summed E-state index contributed by atoms with van der Waals surface area (Å²) in [5.74, 6) is 1.59. The Balaban J connectivity index is 0.00000450. The summed E-state index contributed by atoms with van der Waals surface area (Å²) in [6.07, 6.45) is 5.33. The van der Waals surface area contributed by atoms with Gasteiger partial charge in [-0.2, -0.15) is 0 Å². The average molecular weight is 906 g/mol. The molecule has 3 aromatic heterocycles. The van der Waals surface area contributed by atoms with Gasteiger partial charge < -0.3 is 5.11 Å². The molecular formula is C46H40N5OPtS-. The van der Waals surface area contributed by atoms with Gasteiger partial charge >= 0.3 is 0 Å². The predicted molar refractivity (Wildman–Crippen MR) is 219 cm³/mol. The van der Waals surface area contributed by atoms with Gasteiger partial charge in [0.15, 0.2) is 0 Å². The van der Waals surface area contributed by atoms with E-state index in [9.17, 15) is 5.11 Å². The summed E-state index contributed by atoms with van der Waals surface area (Å²) in [7, 11) is 0. The molecule has 0 saturated heterocycles. The molecule has 0 amide bonds. The fourth-order valence-electron chi connectivity index (χ4n) is 6.69. The van der Waals surface area contributed by atoms with E-state index < -0.39 is 0 Å². The molecule has 0 spiro atoms. The zero-order chi connectivity index (χ0) is 36.9. The summed E-state index contributed by atoms with van der Waals surface area (Å²) in [6.45, 7) is 13.0. The van der Waals surface area contributed by atoms with Crippen molar-refractivity contribution in [2.45, 2.75) is 52.4 Å². The van der Waals surface area contributed by atoms with Gasteiger partial charge in [-0.25, -0.2) is 4.98 Å². The topological polar surface area (TPSA) is 75.0 Å². The van der Waals surface area contributed by atoms with Crippen LogP contribution in [0.1, 0.15) is 52.7 Å². The van der Waals surface area contributed by atoms with Crippen molar-refractivity contribution < 1.29 is 26.2 Å². The molecule has 3 heterocycles. The number of thiazole rings is 1. The number of aromatic nitrogens is 4. The van der Waals surface area contributed by atoms with Gasteiger partial charge in [-0.3, -0.25) is 19.9 Å². The van der Waals surface area contributed by atoms with Crippen molar-refractivity contribution in [1.29, 1.82) is 0 Å². The van der Waals surface area contributed by atoms with Crippen molar-refractivity contribution in [2.24, 2.45) is 0 Å². The number of aromatic hydroxyl groups is 1. The fraction of sp³-hybridized carbons (Fsp3) is 0.174. The van der Waals surface area contributed by atoms with Gasteiger partial charge in [0.1, 0.15) is 16.6 Å². The Hall–Kier alpha value is -5.23. The molecule has 0 aliphatic heterocycles. The third kappa shape index (κ3) is 7.06. The third-order valence-electron chi connectivity index (χ3n) is 9.51. The number of pyridine rings is 1. The van der Waals surface area contributed by atoms with Crippen LogP contribution in [0, 0.1) is 6.07 Å². The Morgan fingerprint density at radius 2 is 1.46 bits per heavy atom. The first-order valence-electron chi connectivity index (χ1n) is 17.8. The molecule has 54 heavy (non-hydrogen) atoms. The molecule has 0 fully saturated rings. The van der Waals surface area contributed by atoms with Crippen LogP contribution < -0.4 is 4.90 Å². The van der Waals surface area contributed by atoms with Gasteiger partial charge in [-0.05, 0) is 55.8 Å². The van der Waals surface area contributed by atoms with Crippen molar-refractivity contribution in [3.63, 3.8) is 0 Å². The summed E-state index contributed by atoms with van der Waals surface area (Å²) >= 11 is 1.62. The molecule has 0 bridgehead atoms. The number of phenolic OH excluding ortho intramolecular Hbond substituents is 1. The number of fused-ring (bicyclic) bond motifs is 2. The summed E-state index contributed by atoms with van der Waals surface area (Å²) < 4.78 is 0.966. The van der Waals surface area contributed by atoms with Crippen LogP contribution in [0.4, 0.5) is 17.3 Å². The molecule has 1 N–H and O–H groups in total. The van der Waals surface area contributed by atoms with E-state index in [1.165, 1.54) is 0 Å². The average Bonchev–Trinajstić information content (AvgIpc) is 3.59.